The Balaban J connectivity index is 1.79. The van der Waals surface area contributed by atoms with Crippen molar-refractivity contribution in [2.75, 3.05) is 6.61 Å². The van der Waals surface area contributed by atoms with Gasteiger partial charge in [0.25, 0.3) is 0 Å². The highest BCUT2D eigenvalue weighted by Gasteiger charge is 2.08. The molecule has 5 heteroatoms. The van der Waals surface area contributed by atoms with Gasteiger partial charge < -0.3 is 9.47 Å². The molecule has 0 aliphatic rings. The van der Waals surface area contributed by atoms with Gasteiger partial charge in [0.2, 0.25) is 0 Å². The van der Waals surface area contributed by atoms with Crippen LogP contribution in [0.15, 0.2) is 65.7 Å². The number of halogens is 2. The van der Waals surface area contributed by atoms with Crippen LogP contribution in [0.25, 0.3) is 0 Å². The highest BCUT2D eigenvalue weighted by atomic mass is 35.5. The van der Waals surface area contributed by atoms with Crippen LogP contribution in [0.4, 0.5) is 10.1 Å². The van der Waals surface area contributed by atoms with Gasteiger partial charge in [-0.25, -0.2) is 4.39 Å². The highest BCUT2D eigenvalue weighted by molar-refractivity contribution is 6.31. The molecule has 0 aliphatic carbocycles. The van der Waals surface area contributed by atoms with E-state index in [1.54, 1.807) is 30.5 Å². The van der Waals surface area contributed by atoms with Crippen LogP contribution in [-0.2, 0) is 6.61 Å². The Morgan fingerprint density at radius 1 is 1.00 bits per heavy atom. The lowest BCUT2D eigenvalue weighted by molar-refractivity contribution is 0.266. The second-order valence-electron chi connectivity index (χ2n) is 6.16. The molecular weight excluding hydrogens is 377 g/mol. The van der Waals surface area contributed by atoms with Crippen molar-refractivity contribution in [1.29, 1.82) is 0 Å². The van der Waals surface area contributed by atoms with E-state index in [9.17, 15) is 4.39 Å². The summed E-state index contributed by atoms with van der Waals surface area (Å²) in [7, 11) is 0. The average molecular weight is 398 g/mol. The van der Waals surface area contributed by atoms with Crippen LogP contribution < -0.4 is 9.47 Å². The van der Waals surface area contributed by atoms with Crippen LogP contribution in [0.1, 0.15) is 23.6 Å². The van der Waals surface area contributed by atoms with Crippen molar-refractivity contribution in [1.82, 2.24) is 0 Å². The molecule has 0 N–H and O–H groups in total. The maximum Gasteiger partial charge on any atom is 0.161 e. The van der Waals surface area contributed by atoms with Crippen molar-refractivity contribution in [3.05, 3.63) is 88.2 Å². The summed E-state index contributed by atoms with van der Waals surface area (Å²) >= 11 is 6.14. The van der Waals surface area contributed by atoms with E-state index < -0.39 is 0 Å². The van der Waals surface area contributed by atoms with E-state index in [0.717, 1.165) is 16.8 Å². The second-order valence-corrected chi connectivity index (χ2v) is 6.57. The Bertz CT molecular complexity index is 988. The first-order valence-corrected chi connectivity index (χ1v) is 9.38. The van der Waals surface area contributed by atoms with Gasteiger partial charge in [0.05, 0.1) is 12.3 Å². The Morgan fingerprint density at radius 2 is 1.82 bits per heavy atom. The van der Waals surface area contributed by atoms with Gasteiger partial charge in [0, 0.05) is 16.8 Å². The van der Waals surface area contributed by atoms with E-state index in [1.807, 2.05) is 44.2 Å². The molecule has 0 saturated carbocycles. The first kappa shape index (κ1) is 19.9. The highest BCUT2D eigenvalue weighted by Crippen LogP contribution is 2.30. The van der Waals surface area contributed by atoms with Crippen molar-refractivity contribution in [2.45, 2.75) is 20.5 Å². The first-order valence-electron chi connectivity index (χ1n) is 9.00. The van der Waals surface area contributed by atoms with E-state index in [1.165, 1.54) is 6.07 Å². The summed E-state index contributed by atoms with van der Waals surface area (Å²) in [5.41, 5.74) is 3.09. The van der Waals surface area contributed by atoms with Crippen molar-refractivity contribution in [3.8, 4) is 11.5 Å². The zero-order valence-electron chi connectivity index (χ0n) is 15.8. The molecule has 144 valence electrons. The van der Waals surface area contributed by atoms with Crippen LogP contribution in [0.5, 0.6) is 11.5 Å². The fraction of sp³-hybridized carbons (Fsp3) is 0.174. The fourth-order valence-corrected chi connectivity index (χ4v) is 2.81. The summed E-state index contributed by atoms with van der Waals surface area (Å²) < 4.78 is 25.3. The molecule has 0 aromatic heterocycles. The van der Waals surface area contributed by atoms with Gasteiger partial charge in [-0.05, 0) is 61.4 Å². The van der Waals surface area contributed by atoms with Gasteiger partial charge in [-0.1, -0.05) is 35.9 Å². The number of rotatable bonds is 7. The lowest BCUT2D eigenvalue weighted by Gasteiger charge is -2.13. The van der Waals surface area contributed by atoms with Crippen molar-refractivity contribution < 1.29 is 13.9 Å². The normalized spacial score (nSPS) is 11.0. The van der Waals surface area contributed by atoms with Gasteiger partial charge in [-0.15, -0.1) is 0 Å². The third-order valence-corrected chi connectivity index (χ3v) is 4.61. The SMILES string of the molecule is CCOc1cc(C=Nc2cccc(Cl)c2C)ccc1OCc1ccccc1F. The van der Waals surface area contributed by atoms with E-state index in [0.29, 0.717) is 28.7 Å². The van der Waals surface area contributed by atoms with Crippen molar-refractivity contribution in [2.24, 2.45) is 4.99 Å². The van der Waals surface area contributed by atoms with Crippen LogP contribution in [-0.4, -0.2) is 12.8 Å². The maximum absolute atomic E-state index is 13.8. The summed E-state index contributed by atoms with van der Waals surface area (Å²) in [6.45, 7) is 4.45. The van der Waals surface area contributed by atoms with Crippen LogP contribution in [0, 0.1) is 12.7 Å². The number of nitrogens with zero attached hydrogens (tertiary/aromatic N) is 1. The van der Waals surface area contributed by atoms with Crippen LogP contribution >= 0.6 is 11.6 Å². The molecule has 28 heavy (non-hydrogen) atoms. The van der Waals surface area contributed by atoms with Crippen LogP contribution in [0.3, 0.4) is 0 Å². The minimum absolute atomic E-state index is 0.127. The predicted molar refractivity (Wildman–Crippen MR) is 112 cm³/mol. The molecule has 0 radical (unpaired) electrons. The fourth-order valence-electron chi connectivity index (χ4n) is 2.64. The summed E-state index contributed by atoms with van der Waals surface area (Å²) in [4.78, 5) is 4.52. The Hall–Kier alpha value is -2.85. The molecule has 0 unspecified atom stereocenters. The lowest BCUT2D eigenvalue weighted by atomic mass is 10.2. The molecular formula is C23H21ClFNO2. The first-order chi connectivity index (χ1) is 13.6. The van der Waals surface area contributed by atoms with Gasteiger partial charge in [0.1, 0.15) is 12.4 Å². The lowest BCUT2D eigenvalue weighted by Crippen LogP contribution is -2.01. The molecule has 0 aliphatic heterocycles. The molecule has 0 spiro atoms. The minimum Gasteiger partial charge on any atom is -0.490 e. The zero-order valence-corrected chi connectivity index (χ0v) is 16.5. The number of ether oxygens (including phenoxy) is 2. The summed E-state index contributed by atoms with van der Waals surface area (Å²) in [5, 5.41) is 0.682. The summed E-state index contributed by atoms with van der Waals surface area (Å²) in [6, 6.07) is 17.7. The van der Waals surface area contributed by atoms with Crippen molar-refractivity contribution >= 4 is 23.5 Å². The van der Waals surface area contributed by atoms with E-state index >= 15 is 0 Å². The van der Waals surface area contributed by atoms with Crippen molar-refractivity contribution in [3.63, 3.8) is 0 Å². The predicted octanol–water partition coefficient (Wildman–Crippen LogP) is 6.52. The monoisotopic (exact) mass is 397 g/mol. The molecule has 0 fully saturated rings. The second kappa shape index (κ2) is 9.38. The smallest absolute Gasteiger partial charge is 0.161 e. The summed E-state index contributed by atoms with van der Waals surface area (Å²) in [5.74, 6) is 0.855. The van der Waals surface area contributed by atoms with E-state index in [4.69, 9.17) is 21.1 Å². The average Bonchev–Trinajstić information content (AvgIpc) is 2.70. The third kappa shape index (κ3) is 4.90. The molecule has 3 rings (SSSR count). The van der Waals surface area contributed by atoms with E-state index in [-0.39, 0.29) is 12.4 Å². The molecule has 3 aromatic rings. The molecule has 0 saturated heterocycles. The molecule has 3 nitrogen and oxygen atoms in total. The number of hydrogen-bond acceptors (Lipinski definition) is 3. The van der Waals surface area contributed by atoms with Gasteiger partial charge in [0.15, 0.2) is 11.5 Å². The zero-order chi connectivity index (χ0) is 19.9. The third-order valence-electron chi connectivity index (χ3n) is 4.20. The molecule has 0 amide bonds. The maximum atomic E-state index is 13.8. The van der Waals surface area contributed by atoms with Gasteiger partial charge in [-0.2, -0.15) is 0 Å². The Labute approximate surface area is 169 Å². The molecule has 0 heterocycles. The number of aliphatic imine (C=N–C) groups is 1. The number of benzene rings is 3. The van der Waals surface area contributed by atoms with E-state index in [2.05, 4.69) is 4.99 Å². The topological polar surface area (TPSA) is 30.8 Å². The number of hydrogen-bond donors (Lipinski definition) is 0. The summed E-state index contributed by atoms with van der Waals surface area (Å²) in [6.07, 6.45) is 1.75. The largest absolute Gasteiger partial charge is 0.490 e. The van der Waals surface area contributed by atoms with Crippen LogP contribution in [0.2, 0.25) is 5.02 Å². The standard InChI is InChI=1S/C23H21ClFNO2/c1-3-27-23-13-17(14-26-21-10-6-8-19(24)16(21)2)11-12-22(23)28-15-18-7-4-5-9-20(18)25/h4-14H,3,15H2,1-2H3. The molecule has 3 aromatic carbocycles. The Kier molecular flexibility index (Phi) is 6.66. The quantitative estimate of drug-likeness (QED) is 0.425. The Morgan fingerprint density at radius 3 is 2.61 bits per heavy atom. The van der Waals surface area contributed by atoms with Gasteiger partial charge >= 0.3 is 0 Å². The minimum atomic E-state index is -0.291. The van der Waals surface area contributed by atoms with Gasteiger partial charge in [-0.3, -0.25) is 4.99 Å². The molecule has 0 atom stereocenters. The molecule has 0 bridgehead atoms.